The number of rotatable bonds is 5. The predicted molar refractivity (Wildman–Crippen MR) is 79.7 cm³/mol. The lowest BCUT2D eigenvalue weighted by Gasteiger charge is -2.16. The molecule has 0 saturated heterocycles. The van der Waals surface area contributed by atoms with Gasteiger partial charge in [-0.05, 0) is 31.2 Å². The van der Waals surface area contributed by atoms with E-state index in [9.17, 15) is 0 Å². The summed E-state index contributed by atoms with van der Waals surface area (Å²) in [6, 6.07) is 4.00. The number of hydrogen-bond donors (Lipinski definition) is 1. The van der Waals surface area contributed by atoms with Crippen molar-refractivity contribution >= 4 is 11.9 Å². The van der Waals surface area contributed by atoms with E-state index >= 15 is 0 Å². The first kappa shape index (κ1) is 13.6. The maximum atomic E-state index is 4.59. The molecule has 2 heterocycles. The molecule has 1 aliphatic heterocycles. The van der Waals surface area contributed by atoms with Crippen LogP contribution < -0.4 is 5.43 Å². The molecule has 0 amide bonds. The monoisotopic (exact) mass is 256 g/mol. The Labute approximate surface area is 114 Å². The minimum Gasteiger partial charge on any atom is -0.264 e. The van der Waals surface area contributed by atoms with Crippen LogP contribution in [-0.2, 0) is 0 Å². The van der Waals surface area contributed by atoms with Crippen molar-refractivity contribution in [1.82, 2.24) is 15.4 Å². The van der Waals surface area contributed by atoms with E-state index in [2.05, 4.69) is 38.6 Å². The number of hydrazine groups is 1. The van der Waals surface area contributed by atoms with Crippen molar-refractivity contribution in [2.75, 3.05) is 20.6 Å². The molecule has 0 radical (unpaired) electrons. The highest BCUT2D eigenvalue weighted by Crippen LogP contribution is 2.24. The van der Waals surface area contributed by atoms with E-state index in [4.69, 9.17) is 0 Å². The van der Waals surface area contributed by atoms with Crippen molar-refractivity contribution < 1.29 is 0 Å². The van der Waals surface area contributed by atoms with Gasteiger partial charge in [0.1, 0.15) is 0 Å². The molecule has 0 spiro atoms. The maximum Gasteiger partial charge on any atom is 0.0745 e. The van der Waals surface area contributed by atoms with Crippen LogP contribution in [-0.4, -0.2) is 36.8 Å². The van der Waals surface area contributed by atoms with Gasteiger partial charge in [0.15, 0.2) is 0 Å². The third kappa shape index (κ3) is 3.84. The van der Waals surface area contributed by atoms with Gasteiger partial charge in [-0.3, -0.25) is 15.4 Å². The quantitative estimate of drug-likeness (QED) is 0.822. The Morgan fingerprint density at radius 1 is 1.42 bits per heavy atom. The molecule has 19 heavy (non-hydrogen) atoms. The Balaban J connectivity index is 2.26. The standard InChI is InChI=1S/C15H20N4/c1-16-19(2)11-8-13-6-3-4-10-18-15(13)14-7-5-9-17-12-14/h3,5-7,9-10,12,16H,4,8,11H2,1-2H3. The lowest BCUT2D eigenvalue weighted by atomic mass is 10.1. The van der Waals surface area contributed by atoms with Gasteiger partial charge in [-0.2, -0.15) is 0 Å². The summed E-state index contributed by atoms with van der Waals surface area (Å²) in [6.45, 7) is 0.940. The van der Waals surface area contributed by atoms with E-state index in [0.29, 0.717) is 0 Å². The minimum atomic E-state index is 0.884. The number of aromatic nitrogens is 1. The number of nitrogens with one attached hydrogen (secondary N) is 1. The molecule has 1 N–H and O–H groups in total. The summed E-state index contributed by atoms with van der Waals surface area (Å²) in [5.74, 6) is 0. The molecular formula is C15H20N4. The molecule has 100 valence electrons. The van der Waals surface area contributed by atoms with Gasteiger partial charge in [0.2, 0.25) is 0 Å². The highest BCUT2D eigenvalue weighted by molar-refractivity contribution is 5.78. The smallest absolute Gasteiger partial charge is 0.0745 e. The first-order chi connectivity index (χ1) is 9.31. The van der Waals surface area contributed by atoms with E-state index in [1.807, 2.05) is 32.6 Å². The van der Waals surface area contributed by atoms with Crippen LogP contribution in [0.2, 0.25) is 0 Å². The molecule has 1 aliphatic rings. The molecule has 0 aliphatic carbocycles. The SMILES string of the molecule is CNN(C)CCC1=C(c2cccnc2)N=CCC=C1. The molecule has 0 fully saturated rings. The summed E-state index contributed by atoms with van der Waals surface area (Å²) in [4.78, 5) is 8.77. The highest BCUT2D eigenvalue weighted by Gasteiger charge is 2.09. The number of hydrogen-bond acceptors (Lipinski definition) is 4. The molecule has 1 aromatic heterocycles. The van der Waals surface area contributed by atoms with Gasteiger partial charge in [-0.1, -0.05) is 12.2 Å². The van der Waals surface area contributed by atoms with Crippen molar-refractivity contribution in [1.29, 1.82) is 0 Å². The van der Waals surface area contributed by atoms with Gasteiger partial charge < -0.3 is 0 Å². The highest BCUT2D eigenvalue weighted by atomic mass is 15.5. The van der Waals surface area contributed by atoms with Gasteiger partial charge in [0.05, 0.1) is 5.70 Å². The summed E-state index contributed by atoms with van der Waals surface area (Å²) in [5.41, 5.74) is 6.47. The second-order valence-corrected chi connectivity index (χ2v) is 4.46. The van der Waals surface area contributed by atoms with Crippen LogP contribution in [0.3, 0.4) is 0 Å². The first-order valence-electron chi connectivity index (χ1n) is 6.52. The summed E-state index contributed by atoms with van der Waals surface area (Å²) in [6.07, 6.45) is 11.8. The van der Waals surface area contributed by atoms with E-state index in [-0.39, 0.29) is 0 Å². The molecular weight excluding hydrogens is 236 g/mol. The molecule has 4 heteroatoms. The largest absolute Gasteiger partial charge is 0.264 e. The Morgan fingerprint density at radius 2 is 2.32 bits per heavy atom. The van der Waals surface area contributed by atoms with Gasteiger partial charge >= 0.3 is 0 Å². The average Bonchev–Trinajstić information content (AvgIpc) is 2.71. The van der Waals surface area contributed by atoms with Crippen molar-refractivity contribution in [2.24, 2.45) is 4.99 Å². The molecule has 0 aromatic carbocycles. The molecule has 0 atom stereocenters. The van der Waals surface area contributed by atoms with E-state index in [1.165, 1.54) is 5.57 Å². The van der Waals surface area contributed by atoms with E-state index in [0.717, 1.165) is 30.6 Å². The molecule has 0 unspecified atom stereocenters. The van der Waals surface area contributed by atoms with Crippen LogP contribution in [0.5, 0.6) is 0 Å². The molecule has 0 saturated carbocycles. The molecule has 1 aromatic rings. The van der Waals surface area contributed by atoms with Crippen molar-refractivity contribution in [3.05, 3.63) is 47.8 Å². The number of aliphatic imine (C=N–C) groups is 1. The summed E-state index contributed by atoms with van der Waals surface area (Å²) in [5, 5.41) is 2.07. The molecule has 0 bridgehead atoms. The number of allylic oxidation sites excluding steroid dienone is 2. The summed E-state index contributed by atoms with van der Waals surface area (Å²) < 4.78 is 0. The van der Waals surface area contributed by atoms with Crippen molar-refractivity contribution in [3.63, 3.8) is 0 Å². The van der Waals surface area contributed by atoms with Crippen LogP contribution in [0.15, 0.2) is 47.2 Å². The molecule has 4 nitrogen and oxygen atoms in total. The normalized spacial score (nSPS) is 15.1. The predicted octanol–water partition coefficient (Wildman–Crippen LogP) is 2.28. The van der Waals surface area contributed by atoms with Crippen LogP contribution in [0.4, 0.5) is 0 Å². The zero-order valence-corrected chi connectivity index (χ0v) is 11.5. The van der Waals surface area contributed by atoms with Gasteiger partial charge in [-0.15, -0.1) is 0 Å². The minimum absolute atomic E-state index is 0.884. The van der Waals surface area contributed by atoms with Gasteiger partial charge in [0, 0.05) is 44.2 Å². The molecule has 2 rings (SSSR count). The van der Waals surface area contributed by atoms with Gasteiger partial charge in [-0.25, -0.2) is 5.01 Å². The Kier molecular flexibility index (Phi) is 5.01. The Morgan fingerprint density at radius 3 is 3.05 bits per heavy atom. The Hall–Kier alpha value is -1.78. The van der Waals surface area contributed by atoms with Crippen molar-refractivity contribution in [2.45, 2.75) is 12.8 Å². The fraction of sp³-hybridized carbons (Fsp3) is 0.333. The third-order valence-corrected chi connectivity index (χ3v) is 3.12. The lowest BCUT2D eigenvalue weighted by molar-refractivity contribution is 0.264. The van der Waals surface area contributed by atoms with E-state index < -0.39 is 0 Å². The van der Waals surface area contributed by atoms with Gasteiger partial charge in [0.25, 0.3) is 0 Å². The Bertz CT molecular complexity index is 488. The maximum absolute atomic E-state index is 4.59. The number of pyridine rings is 1. The zero-order chi connectivity index (χ0) is 13.5. The van der Waals surface area contributed by atoms with Crippen LogP contribution >= 0.6 is 0 Å². The van der Waals surface area contributed by atoms with E-state index in [1.54, 1.807) is 6.20 Å². The fourth-order valence-corrected chi connectivity index (χ4v) is 1.94. The van der Waals surface area contributed by atoms with Crippen LogP contribution in [0.1, 0.15) is 18.4 Å². The first-order valence-corrected chi connectivity index (χ1v) is 6.52. The summed E-state index contributed by atoms with van der Waals surface area (Å²) >= 11 is 0. The summed E-state index contributed by atoms with van der Waals surface area (Å²) in [7, 11) is 3.96. The van der Waals surface area contributed by atoms with Crippen molar-refractivity contribution in [3.8, 4) is 0 Å². The zero-order valence-electron chi connectivity index (χ0n) is 11.5. The second kappa shape index (κ2) is 6.97. The van der Waals surface area contributed by atoms with Crippen LogP contribution in [0, 0.1) is 0 Å². The topological polar surface area (TPSA) is 40.5 Å². The second-order valence-electron chi connectivity index (χ2n) is 4.46. The number of nitrogens with zero attached hydrogens (tertiary/aromatic N) is 3. The lowest BCUT2D eigenvalue weighted by Crippen LogP contribution is -2.31. The average molecular weight is 256 g/mol. The van der Waals surface area contributed by atoms with Crippen LogP contribution in [0.25, 0.3) is 5.70 Å². The third-order valence-electron chi connectivity index (χ3n) is 3.12. The fourth-order valence-electron chi connectivity index (χ4n) is 1.94.